The summed E-state index contributed by atoms with van der Waals surface area (Å²) in [6.07, 6.45) is 0.908. The van der Waals surface area contributed by atoms with Crippen LogP contribution in [-0.4, -0.2) is 60.2 Å². The van der Waals surface area contributed by atoms with Crippen LogP contribution in [0.4, 0.5) is 0 Å². The van der Waals surface area contributed by atoms with Gasteiger partial charge in [0, 0.05) is 36.3 Å². The fourth-order valence-electron chi connectivity index (χ4n) is 3.71. The van der Waals surface area contributed by atoms with E-state index in [2.05, 4.69) is 11.8 Å². The molecule has 1 aromatic carbocycles. The van der Waals surface area contributed by atoms with E-state index in [9.17, 15) is 4.79 Å². The van der Waals surface area contributed by atoms with Crippen molar-refractivity contribution in [2.75, 3.05) is 45.7 Å². The van der Waals surface area contributed by atoms with Crippen LogP contribution in [-0.2, 0) is 11.2 Å². The normalized spacial score (nSPS) is 15.0. The number of thioether (sulfide) groups is 1. The highest BCUT2D eigenvalue weighted by molar-refractivity contribution is 7.99. The monoisotopic (exact) mass is 445 g/mol. The summed E-state index contributed by atoms with van der Waals surface area (Å²) in [6, 6.07) is 7.62. The van der Waals surface area contributed by atoms with E-state index in [0.29, 0.717) is 0 Å². The van der Waals surface area contributed by atoms with Crippen LogP contribution in [0.1, 0.15) is 17.4 Å². The average Bonchev–Trinajstić information content (AvgIpc) is 3.10. The smallest absolute Gasteiger partial charge is 0.267 e. The lowest BCUT2D eigenvalue weighted by Gasteiger charge is -2.26. The molecule has 3 heterocycles. The number of nitrogens with zero attached hydrogens (tertiary/aromatic N) is 3. The maximum atomic E-state index is 13.6. The van der Waals surface area contributed by atoms with E-state index < -0.39 is 0 Å². The number of aromatic nitrogens is 2. The minimum atomic E-state index is -0.00410. The van der Waals surface area contributed by atoms with Gasteiger partial charge in [-0.25, -0.2) is 4.98 Å². The molecule has 0 aliphatic carbocycles. The molecule has 1 saturated heterocycles. The summed E-state index contributed by atoms with van der Waals surface area (Å²) in [7, 11) is 1.64. The number of fused-ring (bicyclic) bond motifs is 1. The molecule has 4 rings (SSSR count). The molecule has 0 bridgehead atoms. The minimum Gasteiger partial charge on any atom is -0.497 e. The van der Waals surface area contributed by atoms with E-state index in [1.165, 1.54) is 4.88 Å². The molecule has 0 spiro atoms. The zero-order valence-electron chi connectivity index (χ0n) is 17.6. The van der Waals surface area contributed by atoms with Gasteiger partial charge in [0.25, 0.3) is 5.56 Å². The van der Waals surface area contributed by atoms with Crippen molar-refractivity contribution < 1.29 is 9.47 Å². The lowest BCUT2D eigenvalue weighted by Crippen LogP contribution is -2.37. The Morgan fingerprint density at radius 3 is 2.83 bits per heavy atom. The number of hydrogen-bond acceptors (Lipinski definition) is 7. The second-order valence-corrected chi connectivity index (χ2v) is 9.37. The van der Waals surface area contributed by atoms with Crippen LogP contribution in [0, 0.1) is 6.92 Å². The molecular weight excluding hydrogens is 418 g/mol. The highest BCUT2D eigenvalue weighted by Crippen LogP contribution is 2.31. The maximum Gasteiger partial charge on any atom is 0.267 e. The Morgan fingerprint density at radius 1 is 1.30 bits per heavy atom. The molecule has 1 aliphatic heterocycles. The predicted octanol–water partition coefficient (Wildman–Crippen LogP) is 3.75. The van der Waals surface area contributed by atoms with Crippen molar-refractivity contribution >= 4 is 33.3 Å². The zero-order chi connectivity index (χ0) is 21.1. The molecule has 6 nitrogen and oxygen atoms in total. The van der Waals surface area contributed by atoms with Gasteiger partial charge in [0.1, 0.15) is 10.6 Å². The van der Waals surface area contributed by atoms with Crippen molar-refractivity contribution in [2.45, 2.75) is 25.4 Å². The van der Waals surface area contributed by atoms with Crippen LogP contribution in [0.15, 0.2) is 34.2 Å². The summed E-state index contributed by atoms with van der Waals surface area (Å²) in [5, 5.41) is 1.47. The van der Waals surface area contributed by atoms with Crippen molar-refractivity contribution in [1.29, 1.82) is 0 Å². The molecule has 0 unspecified atom stereocenters. The third kappa shape index (κ3) is 4.27. The largest absolute Gasteiger partial charge is 0.497 e. The first-order chi connectivity index (χ1) is 14.6. The Bertz CT molecular complexity index is 1090. The van der Waals surface area contributed by atoms with Gasteiger partial charge in [-0.1, -0.05) is 24.8 Å². The minimum absolute atomic E-state index is 0.00410. The molecule has 0 amide bonds. The SMILES string of the molecule is CCc1sc2nc(SCCN3CCOCC3)n(-c3cccc(OC)c3)c(=O)c2c1C. The molecule has 0 N–H and O–H groups in total. The Balaban J connectivity index is 1.75. The summed E-state index contributed by atoms with van der Waals surface area (Å²) >= 11 is 3.27. The van der Waals surface area contributed by atoms with Gasteiger partial charge in [-0.3, -0.25) is 14.3 Å². The molecule has 0 saturated carbocycles. The third-order valence-corrected chi connectivity index (χ3v) is 7.66. The number of methoxy groups -OCH3 is 1. The van der Waals surface area contributed by atoms with Gasteiger partial charge in [-0.15, -0.1) is 11.3 Å². The molecule has 2 aromatic heterocycles. The van der Waals surface area contributed by atoms with E-state index in [4.69, 9.17) is 14.5 Å². The van der Waals surface area contributed by atoms with Gasteiger partial charge in [0.15, 0.2) is 5.16 Å². The maximum absolute atomic E-state index is 13.6. The summed E-state index contributed by atoms with van der Waals surface area (Å²) in [5.41, 5.74) is 1.83. The first kappa shape index (κ1) is 21.4. The Labute approximate surface area is 184 Å². The predicted molar refractivity (Wildman–Crippen MR) is 124 cm³/mol. The number of ether oxygens (including phenoxy) is 2. The van der Waals surface area contributed by atoms with Crippen LogP contribution in [0.2, 0.25) is 0 Å². The Kier molecular flexibility index (Phi) is 6.77. The second-order valence-electron chi connectivity index (χ2n) is 7.22. The molecule has 3 aromatic rings. The molecule has 1 aliphatic rings. The van der Waals surface area contributed by atoms with E-state index in [0.717, 1.165) is 77.4 Å². The standard InChI is InChI=1S/C22H27N3O3S2/c1-4-18-15(2)19-20(30-18)23-22(29-13-10-24-8-11-28-12-9-24)25(21(19)26)16-6-5-7-17(14-16)27-3/h5-7,14H,4,8-13H2,1-3H3. The Morgan fingerprint density at radius 2 is 2.10 bits per heavy atom. The zero-order valence-corrected chi connectivity index (χ0v) is 19.3. The van der Waals surface area contributed by atoms with E-state index in [-0.39, 0.29) is 5.56 Å². The van der Waals surface area contributed by atoms with Crippen molar-refractivity contribution in [1.82, 2.24) is 14.5 Å². The van der Waals surface area contributed by atoms with E-state index >= 15 is 0 Å². The number of morpholine rings is 1. The second kappa shape index (κ2) is 9.51. The van der Waals surface area contributed by atoms with Crippen LogP contribution in [0.3, 0.4) is 0 Å². The van der Waals surface area contributed by atoms with Crippen LogP contribution in [0.25, 0.3) is 15.9 Å². The average molecular weight is 446 g/mol. The highest BCUT2D eigenvalue weighted by atomic mass is 32.2. The first-order valence-corrected chi connectivity index (χ1v) is 12.0. The van der Waals surface area contributed by atoms with Gasteiger partial charge in [-0.2, -0.15) is 0 Å². The molecule has 8 heteroatoms. The fourth-order valence-corrected chi connectivity index (χ4v) is 5.88. The summed E-state index contributed by atoms with van der Waals surface area (Å²) in [4.78, 5) is 23.0. The summed E-state index contributed by atoms with van der Waals surface area (Å²) in [6.45, 7) is 8.59. The van der Waals surface area contributed by atoms with E-state index in [1.54, 1.807) is 34.8 Å². The summed E-state index contributed by atoms with van der Waals surface area (Å²) in [5.74, 6) is 1.59. The molecule has 160 valence electrons. The van der Waals surface area contributed by atoms with Crippen molar-refractivity contribution in [3.8, 4) is 11.4 Å². The van der Waals surface area contributed by atoms with Crippen LogP contribution in [0.5, 0.6) is 5.75 Å². The van der Waals surface area contributed by atoms with Gasteiger partial charge in [0.2, 0.25) is 0 Å². The number of benzene rings is 1. The van der Waals surface area contributed by atoms with Crippen LogP contribution < -0.4 is 10.3 Å². The topological polar surface area (TPSA) is 56.6 Å². The van der Waals surface area contributed by atoms with Gasteiger partial charge >= 0.3 is 0 Å². The lowest BCUT2D eigenvalue weighted by molar-refractivity contribution is 0.0410. The fraction of sp³-hybridized carbons (Fsp3) is 0.455. The van der Waals surface area contributed by atoms with Crippen LogP contribution >= 0.6 is 23.1 Å². The molecule has 30 heavy (non-hydrogen) atoms. The third-order valence-electron chi connectivity index (χ3n) is 5.41. The van der Waals surface area contributed by atoms with E-state index in [1.807, 2.05) is 31.2 Å². The summed E-state index contributed by atoms with van der Waals surface area (Å²) < 4.78 is 12.6. The quantitative estimate of drug-likeness (QED) is 0.408. The number of thiophene rings is 1. The number of aryl methyl sites for hydroxylation is 2. The lowest BCUT2D eigenvalue weighted by atomic mass is 10.2. The number of hydrogen-bond donors (Lipinski definition) is 0. The number of rotatable bonds is 7. The highest BCUT2D eigenvalue weighted by Gasteiger charge is 2.19. The molecule has 0 radical (unpaired) electrons. The Hall–Kier alpha value is -1.87. The van der Waals surface area contributed by atoms with Gasteiger partial charge < -0.3 is 9.47 Å². The first-order valence-electron chi connectivity index (χ1n) is 10.2. The van der Waals surface area contributed by atoms with Gasteiger partial charge in [-0.05, 0) is 31.0 Å². The van der Waals surface area contributed by atoms with Gasteiger partial charge in [0.05, 0.1) is 31.4 Å². The van der Waals surface area contributed by atoms with Crippen molar-refractivity contribution in [3.63, 3.8) is 0 Å². The molecular formula is C22H27N3O3S2. The molecule has 1 fully saturated rings. The molecule has 0 atom stereocenters. The van der Waals surface area contributed by atoms with Crippen molar-refractivity contribution in [2.24, 2.45) is 0 Å². The van der Waals surface area contributed by atoms with Crippen molar-refractivity contribution in [3.05, 3.63) is 45.1 Å².